The number of H-pyrrole nitrogens is 1. The molecule has 0 saturated carbocycles. The minimum atomic E-state index is -4.37. The average molecular weight is 319 g/mol. The molecule has 0 bridgehead atoms. The molecule has 2 N–H and O–H groups in total. The van der Waals surface area contributed by atoms with E-state index in [0.717, 1.165) is 11.6 Å². The van der Waals surface area contributed by atoms with Gasteiger partial charge in [0.05, 0.1) is 5.56 Å². The molecule has 2 nitrogen and oxygen atoms in total. The van der Waals surface area contributed by atoms with Crippen LogP contribution >= 0.6 is 15.9 Å². The van der Waals surface area contributed by atoms with E-state index in [9.17, 15) is 13.2 Å². The van der Waals surface area contributed by atoms with Gasteiger partial charge in [-0.25, -0.2) is 0 Å². The number of rotatable bonds is 3. The first-order valence-electron chi connectivity index (χ1n) is 5.19. The zero-order valence-electron chi connectivity index (χ0n) is 9.18. The van der Waals surface area contributed by atoms with Crippen molar-refractivity contribution >= 4 is 21.6 Å². The molecule has 0 atom stereocenters. The van der Waals surface area contributed by atoms with Gasteiger partial charge in [0.15, 0.2) is 0 Å². The molecule has 96 valence electrons. The van der Waals surface area contributed by atoms with Crippen molar-refractivity contribution in [3.05, 3.63) is 52.3 Å². The molecule has 0 unspecified atom stereocenters. The van der Waals surface area contributed by atoms with Gasteiger partial charge in [-0.2, -0.15) is 13.2 Å². The van der Waals surface area contributed by atoms with Gasteiger partial charge in [0.1, 0.15) is 0 Å². The lowest BCUT2D eigenvalue weighted by atomic mass is 10.1. The highest BCUT2D eigenvalue weighted by Gasteiger charge is 2.33. The van der Waals surface area contributed by atoms with Crippen molar-refractivity contribution in [1.29, 1.82) is 0 Å². The van der Waals surface area contributed by atoms with Crippen LogP contribution in [-0.2, 0) is 12.7 Å². The van der Waals surface area contributed by atoms with E-state index < -0.39 is 11.7 Å². The Morgan fingerprint density at radius 2 is 2.00 bits per heavy atom. The Morgan fingerprint density at radius 1 is 1.22 bits per heavy atom. The van der Waals surface area contributed by atoms with E-state index in [1.165, 1.54) is 6.07 Å². The SMILES string of the molecule is FC(F)(F)c1cc(Br)ccc1NCc1cc[nH]c1. The predicted octanol–water partition coefficient (Wildman–Crippen LogP) is 4.41. The number of benzene rings is 1. The number of alkyl halides is 3. The fourth-order valence-electron chi connectivity index (χ4n) is 1.57. The smallest absolute Gasteiger partial charge is 0.380 e. The summed E-state index contributed by atoms with van der Waals surface area (Å²) in [7, 11) is 0. The van der Waals surface area contributed by atoms with Gasteiger partial charge in [-0.3, -0.25) is 0 Å². The molecule has 0 aliphatic heterocycles. The fourth-order valence-corrected chi connectivity index (χ4v) is 1.93. The molecule has 0 saturated heterocycles. The van der Waals surface area contributed by atoms with Crippen molar-refractivity contribution in [3.63, 3.8) is 0 Å². The summed E-state index contributed by atoms with van der Waals surface area (Å²) >= 11 is 3.05. The molecule has 2 aromatic rings. The summed E-state index contributed by atoms with van der Waals surface area (Å²) in [5.41, 5.74) is 0.297. The molecule has 0 aliphatic rings. The second kappa shape index (κ2) is 5.06. The molecule has 0 spiro atoms. The van der Waals surface area contributed by atoms with Crippen molar-refractivity contribution < 1.29 is 13.2 Å². The van der Waals surface area contributed by atoms with E-state index in [-0.39, 0.29) is 5.69 Å². The van der Waals surface area contributed by atoms with Gasteiger partial charge >= 0.3 is 6.18 Å². The normalized spacial score (nSPS) is 11.6. The van der Waals surface area contributed by atoms with Crippen LogP contribution in [0.5, 0.6) is 0 Å². The summed E-state index contributed by atoms with van der Waals surface area (Å²) < 4.78 is 38.9. The van der Waals surface area contributed by atoms with Crippen LogP contribution in [-0.4, -0.2) is 4.98 Å². The van der Waals surface area contributed by atoms with E-state index in [2.05, 4.69) is 26.2 Å². The number of anilines is 1. The van der Waals surface area contributed by atoms with Crippen LogP contribution < -0.4 is 5.32 Å². The Labute approximate surface area is 110 Å². The lowest BCUT2D eigenvalue weighted by molar-refractivity contribution is -0.137. The molecule has 1 aromatic heterocycles. The first-order chi connectivity index (χ1) is 8.47. The molecule has 1 heterocycles. The molecule has 18 heavy (non-hydrogen) atoms. The Bertz CT molecular complexity index is 521. The lowest BCUT2D eigenvalue weighted by Crippen LogP contribution is -2.10. The standard InChI is InChI=1S/C12H10BrF3N2/c13-9-1-2-11(10(5-9)12(14,15)16)18-7-8-3-4-17-6-8/h1-6,17-18H,7H2. The number of hydrogen-bond donors (Lipinski definition) is 2. The van der Waals surface area contributed by atoms with Crippen LogP contribution in [0.2, 0.25) is 0 Å². The van der Waals surface area contributed by atoms with Crippen LogP contribution in [0.4, 0.5) is 18.9 Å². The van der Waals surface area contributed by atoms with Crippen LogP contribution in [0.15, 0.2) is 41.1 Å². The van der Waals surface area contributed by atoms with E-state index in [1.807, 2.05) is 0 Å². The highest BCUT2D eigenvalue weighted by molar-refractivity contribution is 9.10. The molecule has 0 radical (unpaired) electrons. The summed E-state index contributed by atoms with van der Waals surface area (Å²) in [5, 5.41) is 2.79. The van der Waals surface area contributed by atoms with Gasteiger partial charge in [0, 0.05) is 29.1 Å². The van der Waals surface area contributed by atoms with Crippen molar-refractivity contribution in [2.45, 2.75) is 12.7 Å². The average Bonchev–Trinajstić information content (AvgIpc) is 2.79. The Kier molecular flexibility index (Phi) is 3.65. The van der Waals surface area contributed by atoms with Crippen molar-refractivity contribution in [2.75, 3.05) is 5.32 Å². The van der Waals surface area contributed by atoms with E-state index in [4.69, 9.17) is 0 Å². The van der Waals surface area contributed by atoms with Gasteiger partial charge in [0.2, 0.25) is 0 Å². The van der Waals surface area contributed by atoms with Gasteiger partial charge in [-0.1, -0.05) is 15.9 Å². The third-order valence-corrected chi connectivity index (χ3v) is 2.93. The number of aromatic nitrogens is 1. The van der Waals surface area contributed by atoms with Crippen LogP contribution in [0.3, 0.4) is 0 Å². The quantitative estimate of drug-likeness (QED) is 0.862. The number of hydrogen-bond acceptors (Lipinski definition) is 1. The van der Waals surface area contributed by atoms with Gasteiger partial charge in [-0.05, 0) is 29.8 Å². The minimum absolute atomic E-state index is 0.0758. The molecule has 0 fully saturated rings. The summed E-state index contributed by atoms with van der Waals surface area (Å²) in [5.74, 6) is 0. The van der Waals surface area contributed by atoms with Crippen molar-refractivity contribution in [1.82, 2.24) is 4.98 Å². The maximum Gasteiger partial charge on any atom is 0.418 e. The summed E-state index contributed by atoms with van der Waals surface area (Å²) in [4.78, 5) is 2.85. The fraction of sp³-hybridized carbons (Fsp3) is 0.167. The Hall–Kier alpha value is -1.43. The first kappa shape index (κ1) is 13.0. The first-order valence-corrected chi connectivity index (χ1v) is 5.98. The van der Waals surface area contributed by atoms with Crippen LogP contribution in [0.25, 0.3) is 0 Å². The second-order valence-corrected chi connectivity index (χ2v) is 4.68. The zero-order chi connectivity index (χ0) is 13.2. The summed E-state index contributed by atoms with van der Waals surface area (Å²) in [6.07, 6.45) is -0.910. The molecule has 0 amide bonds. The third-order valence-electron chi connectivity index (χ3n) is 2.43. The number of aromatic amines is 1. The largest absolute Gasteiger partial charge is 0.418 e. The molecule has 2 rings (SSSR count). The zero-order valence-corrected chi connectivity index (χ0v) is 10.8. The van der Waals surface area contributed by atoms with Crippen LogP contribution in [0, 0.1) is 0 Å². The van der Waals surface area contributed by atoms with Crippen LogP contribution in [0.1, 0.15) is 11.1 Å². The van der Waals surface area contributed by atoms with E-state index >= 15 is 0 Å². The van der Waals surface area contributed by atoms with Gasteiger partial charge < -0.3 is 10.3 Å². The topological polar surface area (TPSA) is 27.8 Å². The minimum Gasteiger partial charge on any atom is -0.380 e. The monoisotopic (exact) mass is 318 g/mol. The molecule has 6 heteroatoms. The van der Waals surface area contributed by atoms with E-state index in [1.54, 1.807) is 24.5 Å². The van der Waals surface area contributed by atoms with Gasteiger partial charge in [-0.15, -0.1) is 0 Å². The highest BCUT2D eigenvalue weighted by Crippen LogP contribution is 2.36. The highest BCUT2D eigenvalue weighted by atomic mass is 79.9. The summed E-state index contributed by atoms with van der Waals surface area (Å²) in [6, 6.07) is 5.87. The predicted molar refractivity (Wildman–Crippen MR) is 67.3 cm³/mol. The maximum atomic E-state index is 12.8. The second-order valence-electron chi connectivity index (χ2n) is 3.76. The third kappa shape index (κ3) is 3.07. The summed E-state index contributed by atoms with van der Waals surface area (Å²) in [6.45, 7) is 0.341. The van der Waals surface area contributed by atoms with Crippen molar-refractivity contribution in [2.24, 2.45) is 0 Å². The molecule has 1 aromatic carbocycles. The van der Waals surface area contributed by atoms with E-state index in [0.29, 0.717) is 11.0 Å². The Balaban J connectivity index is 2.22. The number of nitrogens with one attached hydrogen (secondary N) is 2. The number of halogens is 4. The maximum absolute atomic E-state index is 12.8. The molecule has 0 aliphatic carbocycles. The Morgan fingerprint density at radius 3 is 2.61 bits per heavy atom. The molecular weight excluding hydrogens is 309 g/mol. The lowest BCUT2D eigenvalue weighted by Gasteiger charge is -2.14. The van der Waals surface area contributed by atoms with Gasteiger partial charge in [0.25, 0.3) is 0 Å². The van der Waals surface area contributed by atoms with Crippen molar-refractivity contribution in [3.8, 4) is 0 Å². The molecular formula is C12H10BrF3N2.